The molecule has 2 heterocycles. The first kappa shape index (κ1) is 25.2. The summed E-state index contributed by atoms with van der Waals surface area (Å²) in [5, 5.41) is 2.98. The fourth-order valence-electron chi connectivity index (χ4n) is 4.31. The number of nitrogens with zero attached hydrogens (tertiary/aromatic N) is 2. The van der Waals surface area contributed by atoms with Crippen molar-refractivity contribution < 1.29 is 14.3 Å². The van der Waals surface area contributed by atoms with Gasteiger partial charge in [-0.25, -0.2) is 4.98 Å². The van der Waals surface area contributed by atoms with Crippen LogP contribution in [0.3, 0.4) is 0 Å². The third-order valence-corrected chi connectivity index (χ3v) is 8.16. The van der Waals surface area contributed by atoms with Crippen LogP contribution in [-0.4, -0.2) is 47.0 Å². The highest BCUT2D eigenvalue weighted by Crippen LogP contribution is 2.40. The van der Waals surface area contributed by atoms with Gasteiger partial charge in [0.15, 0.2) is 4.34 Å². The van der Waals surface area contributed by atoms with E-state index in [0.29, 0.717) is 23.6 Å². The molecule has 1 aliphatic rings. The molecule has 3 aromatic carbocycles. The van der Waals surface area contributed by atoms with E-state index in [9.17, 15) is 9.59 Å². The van der Waals surface area contributed by atoms with Crippen molar-refractivity contribution in [3.05, 3.63) is 102 Å². The zero-order valence-electron chi connectivity index (χ0n) is 20.6. The average Bonchev–Trinajstić information content (AvgIpc) is 3.33. The van der Waals surface area contributed by atoms with Crippen molar-refractivity contribution >= 4 is 50.0 Å². The van der Waals surface area contributed by atoms with Gasteiger partial charge in [0.25, 0.3) is 11.8 Å². The maximum Gasteiger partial charge on any atom is 0.271 e. The smallest absolute Gasteiger partial charge is 0.271 e. The molecule has 1 fully saturated rings. The van der Waals surface area contributed by atoms with E-state index in [4.69, 9.17) is 9.72 Å². The number of carbonyl (C=O) groups is 2. The molecule has 37 heavy (non-hydrogen) atoms. The van der Waals surface area contributed by atoms with Gasteiger partial charge in [-0.1, -0.05) is 72.4 Å². The third kappa shape index (κ3) is 5.93. The molecule has 2 atom stereocenters. The number of thiazole rings is 1. The van der Waals surface area contributed by atoms with E-state index in [1.54, 1.807) is 40.5 Å². The van der Waals surface area contributed by atoms with E-state index in [0.717, 1.165) is 20.1 Å². The fraction of sp³-hybridized carbons (Fsp3) is 0.207. The minimum atomic E-state index is -0.336. The number of hydrogen-bond donors (Lipinski definition) is 1. The van der Waals surface area contributed by atoms with E-state index < -0.39 is 0 Å². The summed E-state index contributed by atoms with van der Waals surface area (Å²) in [5.74, 6) is -0.574. The fourth-order valence-corrected chi connectivity index (χ4v) is 6.51. The van der Waals surface area contributed by atoms with Gasteiger partial charge in [-0.05, 0) is 43.7 Å². The van der Waals surface area contributed by atoms with Crippen LogP contribution in [0.15, 0.2) is 95.0 Å². The van der Waals surface area contributed by atoms with Gasteiger partial charge in [0.1, 0.15) is 5.70 Å². The number of thioether (sulfide) groups is 1. The van der Waals surface area contributed by atoms with Gasteiger partial charge in [-0.2, -0.15) is 0 Å². The van der Waals surface area contributed by atoms with Crippen LogP contribution in [0.25, 0.3) is 15.1 Å². The molecule has 1 aromatic heterocycles. The second-order valence-electron chi connectivity index (χ2n) is 8.91. The molecule has 2 amide bonds. The summed E-state index contributed by atoms with van der Waals surface area (Å²) in [5.41, 5.74) is 2.46. The lowest BCUT2D eigenvalue weighted by Crippen LogP contribution is -2.50. The predicted molar refractivity (Wildman–Crippen MR) is 149 cm³/mol. The number of morpholine rings is 1. The summed E-state index contributed by atoms with van der Waals surface area (Å²) in [6.45, 7) is 4.80. The molecule has 1 aliphatic heterocycles. The number of hydrogen-bond acceptors (Lipinski definition) is 6. The van der Waals surface area contributed by atoms with Crippen molar-refractivity contribution in [2.24, 2.45) is 0 Å². The molecule has 188 valence electrons. The Morgan fingerprint density at radius 2 is 1.49 bits per heavy atom. The lowest BCUT2D eigenvalue weighted by Gasteiger charge is -2.36. The van der Waals surface area contributed by atoms with E-state index in [2.05, 4.69) is 5.32 Å². The summed E-state index contributed by atoms with van der Waals surface area (Å²) in [4.78, 5) is 34.6. The first-order valence-corrected chi connectivity index (χ1v) is 13.8. The minimum absolute atomic E-state index is 0.101. The van der Waals surface area contributed by atoms with E-state index in [1.165, 1.54) is 11.8 Å². The molecule has 0 unspecified atom stereocenters. The van der Waals surface area contributed by atoms with Crippen molar-refractivity contribution in [2.75, 3.05) is 13.1 Å². The molecular weight excluding hydrogens is 502 g/mol. The van der Waals surface area contributed by atoms with E-state index in [-0.39, 0.29) is 29.7 Å². The summed E-state index contributed by atoms with van der Waals surface area (Å²) in [6.07, 6.45) is -0.202. The number of carbonyl (C=O) groups excluding carboxylic acids is 2. The van der Waals surface area contributed by atoms with Crippen molar-refractivity contribution in [3.8, 4) is 0 Å². The van der Waals surface area contributed by atoms with Gasteiger partial charge in [-0.3, -0.25) is 9.59 Å². The number of para-hydroxylation sites is 1. The van der Waals surface area contributed by atoms with Gasteiger partial charge in [0, 0.05) is 18.7 Å². The Balaban J connectivity index is 1.62. The SMILES string of the molecule is C[C@@H]1CN(C(=O)/C(NC(=O)c2ccccc2)=C(/Sc2nc3ccccc3s2)c2ccccc2)C[C@H](C)O1. The van der Waals surface area contributed by atoms with Crippen molar-refractivity contribution in [3.63, 3.8) is 0 Å². The van der Waals surface area contributed by atoms with Crippen LogP contribution in [0.5, 0.6) is 0 Å². The number of fused-ring (bicyclic) bond motifs is 1. The van der Waals surface area contributed by atoms with Crippen LogP contribution in [-0.2, 0) is 9.53 Å². The quantitative estimate of drug-likeness (QED) is 0.252. The number of nitrogens with one attached hydrogen (secondary N) is 1. The Morgan fingerprint density at radius 1 is 0.892 bits per heavy atom. The zero-order chi connectivity index (χ0) is 25.8. The molecule has 1 N–H and O–H groups in total. The highest BCUT2D eigenvalue weighted by molar-refractivity contribution is 8.09. The zero-order valence-corrected chi connectivity index (χ0v) is 22.2. The largest absolute Gasteiger partial charge is 0.372 e. The van der Waals surface area contributed by atoms with Gasteiger partial charge >= 0.3 is 0 Å². The predicted octanol–water partition coefficient (Wildman–Crippen LogP) is 5.82. The number of ether oxygens (including phenoxy) is 1. The highest BCUT2D eigenvalue weighted by Gasteiger charge is 2.31. The summed E-state index contributed by atoms with van der Waals surface area (Å²) >= 11 is 2.96. The summed E-state index contributed by atoms with van der Waals surface area (Å²) < 4.78 is 7.72. The van der Waals surface area contributed by atoms with Crippen LogP contribution in [0, 0.1) is 0 Å². The Kier molecular flexibility index (Phi) is 7.69. The lowest BCUT2D eigenvalue weighted by molar-refractivity contribution is -0.139. The molecule has 5 rings (SSSR count). The molecule has 6 nitrogen and oxygen atoms in total. The Hall–Kier alpha value is -3.46. The molecule has 0 bridgehead atoms. The summed E-state index contributed by atoms with van der Waals surface area (Å²) in [6, 6.07) is 26.6. The summed E-state index contributed by atoms with van der Waals surface area (Å²) in [7, 11) is 0. The Bertz CT molecular complexity index is 1390. The highest BCUT2D eigenvalue weighted by atomic mass is 32.2. The molecule has 4 aromatic rings. The van der Waals surface area contributed by atoms with Crippen LogP contribution < -0.4 is 5.32 Å². The van der Waals surface area contributed by atoms with E-state index in [1.807, 2.05) is 74.5 Å². The van der Waals surface area contributed by atoms with Crippen LogP contribution in [0.4, 0.5) is 0 Å². The average molecular weight is 530 g/mol. The number of amides is 2. The second kappa shape index (κ2) is 11.3. The van der Waals surface area contributed by atoms with Crippen molar-refractivity contribution in [1.29, 1.82) is 0 Å². The minimum Gasteiger partial charge on any atom is -0.372 e. The third-order valence-electron chi connectivity index (χ3n) is 5.92. The standard InChI is InChI=1S/C29H27N3O3S2/c1-19-17-32(18-20(2)35-19)28(34)25(31-27(33)22-13-7-4-8-14-22)26(21-11-5-3-6-12-21)37-29-30-23-15-9-10-16-24(23)36-29/h3-16,19-20H,17-18H2,1-2H3,(H,31,33)/b26-25-/t19-,20+. The van der Waals surface area contributed by atoms with Gasteiger partial charge in [0.2, 0.25) is 0 Å². The molecule has 0 saturated carbocycles. The molecule has 0 spiro atoms. The first-order valence-electron chi connectivity index (χ1n) is 12.1. The van der Waals surface area contributed by atoms with Crippen LogP contribution in [0.1, 0.15) is 29.8 Å². The first-order chi connectivity index (χ1) is 18.0. The van der Waals surface area contributed by atoms with Gasteiger partial charge in [-0.15, -0.1) is 11.3 Å². The lowest BCUT2D eigenvalue weighted by atomic mass is 10.1. The molecule has 0 aliphatic carbocycles. The number of rotatable bonds is 6. The maximum absolute atomic E-state index is 14.1. The normalized spacial score (nSPS) is 18.4. The topological polar surface area (TPSA) is 71.5 Å². The Labute approximate surface area is 224 Å². The van der Waals surface area contributed by atoms with Crippen LogP contribution in [0.2, 0.25) is 0 Å². The second-order valence-corrected chi connectivity index (χ2v) is 11.2. The van der Waals surface area contributed by atoms with Gasteiger partial charge in [0.05, 0.1) is 27.3 Å². The molecule has 8 heteroatoms. The Morgan fingerprint density at radius 3 is 2.14 bits per heavy atom. The molecular formula is C29H27N3O3S2. The maximum atomic E-state index is 14.1. The van der Waals surface area contributed by atoms with Crippen LogP contribution >= 0.6 is 23.1 Å². The molecule has 0 radical (unpaired) electrons. The monoisotopic (exact) mass is 529 g/mol. The van der Waals surface area contributed by atoms with Gasteiger partial charge < -0.3 is 15.0 Å². The van der Waals surface area contributed by atoms with Crippen molar-refractivity contribution in [2.45, 2.75) is 30.4 Å². The van der Waals surface area contributed by atoms with Crippen molar-refractivity contribution in [1.82, 2.24) is 15.2 Å². The number of aromatic nitrogens is 1. The van der Waals surface area contributed by atoms with E-state index >= 15 is 0 Å². The number of benzene rings is 3. The molecule has 1 saturated heterocycles.